The van der Waals surface area contributed by atoms with Crippen molar-refractivity contribution in [3.63, 3.8) is 0 Å². The molecule has 1 fully saturated rings. The molecule has 1 atom stereocenters. The molecule has 102 valence electrons. The van der Waals surface area contributed by atoms with Crippen molar-refractivity contribution in [2.24, 2.45) is 5.73 Å². The van der Waals surface area contributed by atoms with Gasteiger partial charge >= 0.3 is 0 Å². The van der Waals surface area contributed by atoms with E-state index >= 15 is 0 Å². The first-order chi connectivity index (χ1) is 9.16. The van der Waals surface area contributed by atoms with Crippen molar-refractivity contribution < 1.29 is 9.59 Å². The summed E-state index contributed by atoms with van der Waals surface area (Å²) < 4.78 is 0. The summed E-state index contributed by atoms with van der Waals surface area (Å²) in [6.45, 7) is 0.839. The smallest absolute Gasteiger partial charge is 0.242 e. The molecule has 1 heterocycles. The van der Waals surface area contributed by atoms with Crippen LogP contribution in [0.5, 0.6) is 0 Å². The fourth-order valence-corrected chi connectivity index (χ4v) is 2.87. The number of primary amides is 1. The minimum Gasteiger partial charge on any atom is -0.369 e. The zero-order chi connectivity index (χ0) is 13.7. The molecule has 0 saturated carbocycles. The highest BCUT2D eigenvalue weighted by Crippen LogP contribution is 2.17. The summed E-state index contributed by atoms with van der Waals surface area (Å²) in [5.74, 6) is 1.32. The monoisotopic (exact) mass is 279 g/mol. The summed E-state index contributed by atoms with van der Waals surface area (Å²) in [6.07, 6.45) is 0.128. The Labute approximate surface area is 116 Å². The van der Waals surface area contributed by atoms with Crippen LogP contribution in [0.3, 0.4) is 0 Å². The number of rotatable bonds is 4. The predicted molar refractivity (Wildman–Crippen MR) is 77.1 cm³/mol. The van der Waals surface area contributed by atoms with Gasteiger partial charge in [-0.25, -0.2) is 0 Å². The Bertz CT molecular complexity index is 473. The van der Waals surface area contributed by atoms with Crippen LogP contribution in [-0.2, 0) is 16.0 Å². The quantitative estimate of drug-likeness (QED) is 0.743. The lowest BCUT2D eigenvalue weighted by Crippen LogP contribution is -2.46. The van der Waals surface area contributed by atoms with E-state index in [4.69, 9.17) is 5.73 Å². The van der Waals surface area contributed by atoms with Gasteiger partial charge in [0.05, 0.1) is 12.5 Å². The SMILES string of the molecule is NC(=O)Cc1ccccc1NC(=O)C1CSCCN1. The van der Waals surface area contributed by atoms with Gasteiger partial charge in [-0.2, -0.15) is 11.8 Å². The second-order valence-electron chi connectivity index (χ2n) is 4.37. The van der Waals surface area contributed by atoms with E-state index in [0.717, 1.165) is 23.6 Å². The molecule has 1 aliphatic rings. The number of carbonyl (C=O) groups excluding carboxylic acids is 2. The number of amides is 2. The molecule has 0 aromatic heterocycles. The first-order valence-corrected chi connectivity index (χ1v) is 7.30. The Morgan fingerprint density at radius 3 is 2.89 bits per heavy atom. The minimum atomic E-state index is -0.409. The number of para-hydroxylation sites is 1. The van der Waals surface area contributed by atoms with Crippen molar-refractivity contribution in [1.29, 1.82) is 0 Å². The maximum absolute atomic E-state index is 12.1. The molecule has 4 N–H and O–H groups in total. The van der Waals surface area contributed by atoms with Gasteiger partial charge in [0.15, 0.2) is 0 Å². The molecule has 0 radical (unpaired) electrons. The maximum atomic E-state index is 12.1. The van der Waals surface area contributed by atoms with Crippen molar-refractivity contribution in [1.82, 2.24) is 5.32 Å². The Morgan fingerprint density at radius 2 is 2.21 bits per heavy atom. The summed E-state index contributed by atoms with van der Waals surface area (Å²) >= 11 is 1.76. The molecular formula is C13H17N3O2S. The summed E-state index contributed by atoms with van der Waals surface area (Å²) in [5, 5.41) is 6.04. The van der Waals surface area contributed by atoms with Crippen molar-refractivity contribution in [2.45, 2.75) is 12.5 Å². The number of nitrogens with two attached hydrogens (primary N) is 1. The number of anilines is 1. The van der Waals surface area contributed by atoms with Gasteiger partial charge in [-0.05, 0) is 11.6 Å². The van der Waals surface area contributed by atoms with Gasteiger partial charge in [-0.3, -0.25) is 9.59 Å². The van der Waals surface area contributed by atoms with Gasteiger partial charge in [-0.15, -0.1) is 0 Å². The van der Waals surface area contributed by atoms with Crippen LogP contribution < -0.4 is 16.4 Å². The Morgan fingerprint density at radius 1 is 1.42 bits per heavy atom. The maximum Gasteiger partial charge on any atom is 0.242 e. The highest BCUT2D eigenvalue weighted by Gasteiger charge is 2.21. The number of thioether (sulfide) groups is 1. The summed E-state index contributed by atoms with van der Waals surface area (Å²) in [5.41, 5.74) is 6.60. The van der Waals surface area contributed by atoms with Crippen molar-refractivity contribution in [2.75, 3.05) is 23.4 Å². The minimum absolute atomic E-state index is 0.0656. The van der Waals surface area contributed by atoms with Gasteiger partial charge < -0.3 is 16.4 Å². The lowest BCUT2D eigenvalue weighted by Gasteiger charge is -2.22. The standard InChI is InChI=1S/C13H17N3O2S/c14-12(17)7-9-3-1-2-4-10(9)16-13(18)11-8-19-6-5-15-11/h1-4,11,15H,5-8H2,(H2,14,17)(H,16,18). The number of benzene rings is 1. The Balaban J connectivity index is 2.05. The van der Waals surface area contributed by atoms with E-state index in [1.165, 1.54) is 0 Å². The van der Waals surface area contributed by atoms with E-state index in [1.54, 1.807) is 23.9 Å². The fraction of sp³-hybridized carbons (Fsp3) is 0.385. The van der Waals surface area contributed by atoms with Crippen molar-refractivity contribution in [3.8, 4) is 0 Å². The highest BCUT2D eigenvalue weighted by molar-refractivity contribution is 7.99. The van der Waals surface area contributed by atoms with Crippen molar-refractivity contribution >= 4 is 29.3 Å². The Hall–Kier alpha value is -1.53. The first-order valence-electron chi connectivity index (χ1n) is 6.15. The third kappa shape index (κ3) is 3.97. The number of hydrogen-bond donors (Lipinski definition) is 3. The fourth-order valence-electron chi connectivity index (χ4n) is 1.94. The molecular weight excluding hydrogens is 262 g/mol. The molecule has 0 spiro atoms. The molecule has 0 bridgehead atoms. The molecule has 1 saturated heterocycles. The molecule has 0 aliphatic carbocycles. The largest absolute Gasteiger partial charge is 0.369 e. The van der Waals surface area contributed by atoms with Crippen LogP contribution in [0.15, 0.2) is 24.3 Å². The van der Waals surface area contributed by atoms with Gasteiger partial charge in [0, 0.05) is 23.7 Å². The number of carbonyl (C=O) groups is 2. The summed E-state index contributed by atoms with van der Waals surface area (Å²) in [4.78, 5) is 23.1. The van der Waals surface area contributed by atoms with Crippen LogP contribution >= 0.6 is 11.8 Å². The van der Waals surface area contributed by atoms with E-state index in [0.29, 0.717) is 5.69 Å². The normalized spacial score (nSPS) is 18.8. The molecule has 2 amide bonds. The van der Waals surface area contributed by atoms with E-state index in [2.05, 4.69) is 10.6 Å². The number of hydrogen-bond acceptors (Lipinski definition) is 4. The zero-order valence-corrected chi connectivity index (χ0v) is 11.3. The first kappa shape index (κ1) is 13.9. The molecule has 19 heavy (non-hydrogen) atoms. The third-order valence-electron chi connectivity index (χ3n) is 2.88. The predicted octanol–water partition coefficient (Wildman–Crippen LogP) is 0.358. The van der Waals surface area contributed by atoms with Crippen LogP contribution in [0.1, 0.15) is 5.56 Å². The molecule has 5 nitrogen and oxygen atoms in total. The van der Waals surface area contributed by atoms with Crippen molar-refractivity contribution in [3.05, 3.63) is 29.8 Å². The lowest BCUT2D eigenvalue weighted by molar-refractivity contribution is -0.118. The van der Waals surface area contributed by atoms with Gasteiger partial charge in [0.25, 0.3) is 0 Å². The van der Waals surface area contributed by atoms with Crippen LogP contribution in [-0.4, -0.2) is 35.9 Å². The topological polar surface area (TPSA) is 84.2 Å². The summed E-state index contributed by atoms with van der Waals surface area (Å²) in [7, 11) is 0. The Kier molecular flexibility index (Phi) is 4.81. The zero-order valence-electron chi connectivity index (χ0n) is 10.5. The highest BCUT2D eigenvalue weighted by atomic mass is 32.2. The second-order valence-corrected chi connectivity index (χ2v) is 5.52. The average Bonchev–Trinajstić information content (AvgIpc) is 2.41. The molecule has 1 aliphatic heterocycles. The third-order valence-corrected chi connectivity index (χ3v) is 3.94. The lowest BCUT2D eigenvalue weighted by atomic mass is 10.1. The summed E-state index contributed by atoms with van der Waals surface area (Å²) in [6, 6.07) is 7.04. The average molecular weight is 279 g/mol. The molecule has 1 aromatic carbocycles. The van der Waals surface area contributed by atoms with E-state index in [1.807, 2.05) is 12.1 Å². The molecule has 6 heteroatoms. The number of nitrogens with one attached hydrogen (secondary N) is 2. The van der Waals surface area contributed by atoms with E-state index in [9.17, 15) is 9.59 Å². The molecule has 1 aromatic rings. The van der Waals surface area contributed by atoms with Crippen LogP contribution in [0.2, 0.25) is 0 Å². The van der Waals surface area contributed by atoms with E-state index in [-0.39, 0.29) is 18.4 Å². The van der Waals surface area contributed by atoms with Crippen LogP contribution in [0.25, 0.3) is 0 Å². The van der Waals surface area contributed by atoms with Gasteiger partial charge in [0.2, 0.25) is 11.8 Å². The molecule has 1 unspecified atom stereocenters. The van der Waals surface area contributed by atoms with Crippen LogP contribution in [0.4, 0.5) is 5.69 Å². The second kappa shape index (κ2) is 6.58. The molecule has 2 rings (SSSR count). The van der Waals surface area contributed by atoms with E-state index < -0.39 is 5.91 Å². The van der Waals surface area contributed by atoms with Gasteiger partial charge in [-0.1, -0.05) is 18.2 Å². The van der Waals surface area contributed by atoms with Gasteiger partial charge in [0.1, 0.15) is 0 Å². The van der Waals surface area contributed by atoms with Crippen LogP contribution in [0, 0.1) is 0 Å².